The molecule has 0 unspecified atom stereocenters. The maximum Gasteiger partial charge on any atom is 0.131 e. The van der Waals surface area contributed by atoms with E-state index < -0.39 is 0 Å². The molecule has 4 heterocycles. The lowest BCUT2D eigenvalue weighted by Crippen LogP contribution is -1.96. The average molecular weight is 613 g/mol. The van der Waals surface area contributed by atoms with Crippen LogP contribution in [0.5, 0.6) is 0 Å². The number of fused-ring (bicyclic) bond motifs is 8. The van der Waals surface area contributed by atoms with Crippen molar-refractivity contribution in [3.05, 3.63) is 170 Å². The van der Waals surface area contributed by atoms with Crippen LogP contribution in [0.1, 0.15) is 0 Å². The van der Waals surface area contributed by atoms with Gasteiger partial charge in [-0.2, -0.15) is 0 Å². The Bertz CT molecular complexity index is 2830. The van der Waals surface area contributed by atoms with Crippen molar-refractivity contribution < 1.29 is 0 Å². The molecule has 48 heavy (non-hydrogen) atoms. The molecular formula is C44H28N4. The fraction of sp³-hybridized carbons (Fsp3) is 0. The van der Waals surface area contributed by atoms with Gasteiger partial charge < -0.3 is 0 Å². The third-order valence-electron chi connectivity index (χ3n) is 9.48. The fourth-order valence-electron chi connectivity index (χ4n) is 7.29. The molecule has 4 heteroatoms. The zero-order valence-corrected chi connectivity index (χ0v) is 26.0. The molecule has 0 amide bonds. The van der Waals surface area contributed by atoms with Crippen molar-refractivity contribution in [3.63, 3.8) is 0 Å². The van der Waals surface area contributed by atoms with Gasteiger partial charge in [-0.15, -0.1) is 0 Å². The Morgan fingerprint density at radius 3 is 1.65 bits per heavy atom. The molecule has 0 radical (unpaired) electrons. The first-order valence-electron chi connectivity index (χ1n) is 16.3. The number of nitrogens with zero attached hydrogens (tertiary/aromatic N) is 4. The summed E-state index contributed by atoms with van der Waals surface area (Å²) in [7, 11) is 0. The van der Waals surface area contributed by atoms with Crippen LogP contribution in [0, 0.1) is 0 Å². The second-order valence-corrected chi connectivity index (χ2v) is 12.3. The highest BCUT2D eigenvalue weighted by Crippen LogP contribution is 2.41. The summed E-state index contributed by atoms with van der Waals surface area (Å²) in [5, 5.41) is 3.39. The molecule has 0 atom stereocenters. The minimum atomic E-state index is 0.909. The normalized spacial score (nSPS) is 11.8. The van der Waals surface area contributed by atoms with Crippen molar-refractivity contribution in [1.29, 1.82) is 0 Å². The van der Waals surface area contributed by atoms with E-state index in [0.717, 1.165) is 61.2 Å². The Morgan fingerprint density at radius 1 is 0.396 bits per heavy atom. The molecule has 0 saturated heterocycles. The van der Waals surface area contributed by atoms with E-state index in [4.69, 9.17) is 9.97 Å². The molecule has 0 aliphatic carbocycles. The van der Waals surface area contributed by atoms with Crippen LogP contribution in [-0.2, 0) is 0 Å². The minimum absolute atomic E-state index is 0.909. The van der Waals surface area contributed by atoms with Gasteiger partial charge in [0.1, 0.15) is 5.65 Å². The predicted molar refractivity (Wildman–Crippen MR) is 199 cm³/mol. The van der Waals surface area contributed by atoms with Crippen molar-refractivity contribution in [3.8, 4) is 39.3 Å². The SMILES string of the molecule is c1ccc(-c2ccc3ccc4ccc(-c5cccc(-n6c7ccccc7n7c8ccccc8c(-c8ccccc8)c67)c5)nc4c3n2)cc1. The van der Waals surface area contributed by atoms with Gasteiger partial charge in [0.15, 0.2) is 0 Å². The van der Waals surface area contributed by atoms with Crippen LogP contribution in [0.15, 0.2) is 170 Å². The molecule has 4 aromatic heterocycles. The van der Waals surface area contributed by atoms with Crippen LogP contribution in [0.4, 0.5) is 0 Å². The highest BCUT2D eigenvalue weighted by molar-refractivity contribution is 6.09. The van der Waals surface area contributed by atoms with Crippen LogP contribution in [0.2, 0.25) is 0 Å². The summed E-state index contributed by atoms with van der Waals surface area (Å²) in [6.07, 6.45) is 0. The van der Waals surface area contributed by atoms with Crippen molar-refractivity contribution in [2.24, 2.45) is 0 Å². The lowest BCUT2D eigenvalue weighted by Gasteiger charge is -2.12. The van der Waals surface area contributed by atoms with E-state index in [1.54, 1.807) is 0 Å². The molecule has 0 bridgehead atoms. The van der Waals surface area contributed by atoms with Crippen molar-refractivity contribution in [2.45, 2.75) is 0 Å². The summed E-state index contributed by atoms with van der Waals surface area (Å²) in [4.78, 5) is 10.4. The quantitative estimate of drug-likeness (QED) is 0.185. The molecule has 10 aromatic rings. The van der Waals surface area contributed by atoms with Gasteiger partial charge in [-0.05, 0) is 48.0 Å². The van der Waals surface area contributed by atoms with Gasteiger partial charge in [-0.25, -0.2) is 9.97 Å². The number of benzene rings is 6. The maximum absolute atomic E-state index is 5.28. The van der Waals surface area contributed by atoms with E-state index >= 15 is 0 Å². The smallest absolute Gasteiger partial charge is 0.131 e. The molecule has 0 fully saturated rings. The Kier molecular flexibility index (Phi) is 5.84. The maximum atomic E-state index is 5.28. The van der Waals surface area contributed by atoms with Crippen LogP contribution in [0.25, 0.3) is 88.7 Å². The molecule has 0 aliphatic heterocycles. The summed E-state index contributed by atoms with van der Waals surface area (Å²) in [6, 6.07) is 60.0. The van der Waals surface area contributed by atoms with Gasteiger partial charge in [-0.1, -0.05) is 127 Å². The van der Waals surface area contributed by atoms with E-state index in [2.05, 4.69) is 173 Å². The second-order valence-electron chi connectivity index (χ2n) is 12.3. The van der Waals surface area contributed by atoms with Gasteiger partial charge in [0.05, 0.1) is 39.0 Å². The lowest BCUT2D eigenvalue weighted by molar-refractivity contribution is 1.15. The standard InChI is InChI=1S/C44H28N4/c1-3-12-29(13-4-1)36-26-24-31-22-23-32-25-27-37(46-43(32)42(31)45-36)33-16-11-17-34(28-33)47-39-20-9-10-21-40(39)48-38-19-8-7-18-35(38)41(44(47)48)30-14-5-2-6-15-30/h1-28H. The highest BCUT2D eigenvalue weighted by Gasteiger charge is 2.22. The summed E-state index contributed by atoms with van der Waals surface area (Å²) in [5.74, 6) is 0. The zero-order chi connectivity index (χ0) is 31.6. The third-order valence-corrected chi connectivity index (χ3v) is 9.48. The van der Waals surface area contributed by atoms with Gasteiger partial charge >= 0.3 is 0 Å². The monoisotopic (exact) mass is 612 g/mol. The largest absolute Gasteiger partial charge is 0.293 e. The Morgan fingerprint density at radius 2 is 0.938 bits per heavy atom. The van der Waals surface area contributed by atoms with Gasteiger partial charge in [-0.3, -0.25) is 8.97 Å². The average Bonchev–Trinajstić information content (AvgIpc) is 3.68. The second kappa shape index (κ2) is 10.5. The first-order chi connectivity index (χ1) is 23.8. The summed E-state index contributed by atoms with van der Waals surface area (Å²) in [6.45, 7) is 0. The molecule has 224 valence electrons. The molecule has 4 nitrogen and oxygen atoms in total. The molecule has 0 N–H and O–H groups in total. The summed E-state index contributed by atoms with van der Waals surface area (Å²) < 4.78 is 4.82. The Balaban J connectivity index is 1.21. The first-order valence-corrected chi connectivity index (χ1v) is 16.3. The topological polar surface area (TPSA) is 35.1 Å². The number of hydrogen-bond donors (Lipinski definition) is 0. The highest BCUT2D eigenvalue weighted by atomic mass is 15.1. The molecular weight excluding hydrogens is 585 g/mol. The Hall–Kier alpha value is -6.52. The van der Waals surface area contributed by atoms with Crippen molar-refractivity contribution in [1.82, 2.24) is 18.9 Å². The Labute approximate surface area is 276 Å². The molecule has 0 aliphatic rings. The predicted octanol–water partition coefficient (Wildman–Crippen LogP) is 11.1. The first kappa shape index (κ1) is 26.7. The number of hydrogen-bond acceptors (Lipinski definition) is 2. The zero-order valence-electron chi connectivity index (χ0n) is 26.0. The number of rotatable bonds is 4. The van der Waals surface area contributed by atoms with Crippen LogP contribution >= 0.6 is 0 Å². The van der Waals surface area contributed by atoms with E-state index in [0.29, 0.717) is 0 Å². The minimum Gasteiger partial charge on any atom is -0.293 e. The van der Waals surface area contributed by atoms with E-state index in [1.807, 2.05) is 6.07 Å². The third kappa shape index (κ3) is 4.03. The number of para-hydroxylation sites is 3. The number of imidazole rings is 1. The van der Waals surface area contributed by atoms with Gasteiger partial charge in [0.2, 0.25) is 0 Å². The van der Waals surface area contributed by atoms with Crippen LogP contribution in [0.3, 0.4) is 0 Å². The summed E-state index contributed by atoms with van der Waals surface area (Å²) >= 11 is 0. The van der Waals surface area contributed by atoms with Crippen molar-refractivity contribution in [2.75, 3.05) is 0 Å². The van der Waals surface area contributed by atoms with E-state index in [9.17, 15) is 0 Å². The summed E-state index contributed by atoms with van der Waals surface area (Å²) in [5.41, 5.74) is 14.0. The molecule has 0 spiro atoms. The molecule has 10 rings (SSSR count). The lowest BCUT2D eigenvalue weighted by atomic mass is 10.0. The molecule has 0 saturated carbocycles. The van der Waals surface area contributed by atoms with Gasteiger partial charge in [0.25, 0.3) is 0 Å². The van der Waals surface area contributed by atoms with E-state index in [-0.39, 0.29) is 0 Å². The van der Waals surface area contributed by atoms with E-state index in [1.165, 1.54) is 27.5 Å². The van der Waals surface area contributed by atoms with Gasteiger partial charge in [0, 0.05) is 38.5 Å². The van der Waals surface area contributed by atoms with Crippen LogP contribution in [-0.4, -0.2) is 18.9 Å². The van der Waals surface area contributed by atoms with Crippen molar-refractivity contribution >= 4 is 49.4 Å². The molecule has 6 aromatic carbocycles. The number of aromatic nitrogens is 4. The van der Waals surface area contributed by atoms with Crippen LogP contribution < -0.4 is 0 Å². The fourth-order valence-corrected chi connectivity index (χ4v) is 7.29. The number of pyridine rings is 2.